The normalized spacial score (nSPS) is 12.2. The predicted molar refractivity (Wildman–Crippen MR) is 79.1 cm³/mol. The van der Waals surface area contributed by atoms with E-state index in [1.165, 1.54) is 16.8 Å². The Bertz CT molecular complexity index is 632. The highest BCUT2D eigenvalue weighted by Gasteiger charge is 2.15. The molecule has 4 nitrogen and oxygen atoms in total. The van der Waals surface area contributed by atoms with Crippen LogP contribution in [0.25, 0.3) is 0 Å². The van der Waals surface area contributed by atoms with Crippen LogP contribution in [0.2, 0.25) is 0 Å². The summed E-state index contributed by atoms with van der Waals surface area (Å²) in [5.74, 6) is 0. The zero-order chi connectivity index (χ0) is 14.7. The lowest BCUT2D eigenvalue weighted by molar-refractivity contribution is 0.568. The molecule has 2 rings (SSSR count). The van der Waals surface area contributed by atoms with Crippen molar-refractivity contribution in [2.45, 2.75) is 33.4 Å². The van der Waals surface area contributed by atoms with Crippen molar-refractivity contribution in [3.05, 3.63) is 52.3 Å². The Morgan fingerprint density at radius 2 is 1.95 bits per heavy atom. The minimum Gasteiger partial charge on any atom is -0.306 e. The Balaban J connectivity index is 2.04. The fourth-order valence-electron chi connectivity index (χ4n) is 2.49. The quantitative estimate of drug-likeness (QED) is 0.927. The summed E-state index contributed by atoms with van der Waals surface area (Å²) in [7, 11) is 1.97. The standard InChI is InChI=1S/C16H20N4/c1-11(16-12(2)19-20(4)13(16)3)18-10-15-7-5-14(9-17)6-8-15/h5-8,11,18H,10H2,1-4H3. The second-order valence-corrected chi connectivity index (χ2v) is 5.12. The van der Waals surface area contributed by atoms with Gasteiger partial charge in [0.2, 0.25) is 0 Å². The minimum atomic E-state index is 0.249. The second kappa shape index (κ2) is 5.89. The molecule has 1 aromatic heterocycles. The summed E-state index contributed by atoms with van der Waals surface area (Å²) in [5, 5.41) is 16.7. The summed E-state index contributed by atoms with van der Waals surface area (Å²) in [5.41, 5.74) is 5.41. The smallest absolute Gasteiger partial charge is 0.0991 e. The average molecular weight is 268 g/mol. The molecule has 0 saturated heterocycles. The van der Waals surface area contributed by atoms with Crippen LogP contribution in [0.3, 0.4) is 0 Å². The van der Waals surface area contributed by atoms with Crippen molar-refractivity contribution in [3.63, 3.8) is 0 Å². The predicted octanol–water partition coefficient (Wildman–Crippen LogP) is 2.76. The maximum atomic E-state index is 8.78. The van der Waals surface area contributed by atoms with Gasteiger partial charge < -0.3 is 5.32 Å². The molecule has 0 spiro atoms. The number of benzene rings is 1. The largest absolute Gasteiger partial charge is 0.306 e. The van der Waals surface area contributed by atoms with Crippen molar-refractivity contribution >= 4 is 0 Å². The van der Waals surface area contributed by atoms with Gasteiger partial charge in [-0.3, -0.25) is 4.68 Å². The van der Waals surface area contributed by atoms with Gasteiger partial charge in [0.05, 0.1) is 17.3 Å². The number of nitrogens with zero attached hydrogens (tertiary/aromatic N) is 3. The summed E-state index contributed by atoms with van der Waals surface area (Å²) in [6.45, 7) is 7.07. The molecular weight excluding hydrogens is 248 g/mol. The fraction of sp³-hybridized carbons (Fsp3) is 0.375. The second-order valence-electron chi connectivity index (χ2n) is 5.12. The molecule has 0 amide bonds. The summed E-state index contributed by atoms with van der Waals surface area (Å²) in [6, 6.07) is 10.1. The third-order valence-corrected chi connectivity index (χ3v) is 3.69. The van der Waals surface area contributed by atoms with Gasteiger partial charge in [0, 0.05) is 30.9 Å². The van der Waals surface area contributed by atoms with Gasteiger partial charge in [-0.05, 0) is 38.5 Å². The molecule has 1 unspecified atom stereocenters. The van der Waals surface area contributed by atoms with E-state index in [1.807, 2.05) is 42.9 Å². The highest BCUT2D eigenvalue weighted by molar-refractivity contribution is 5.32. The SMILES string of the molecule is Cc1nn(C)c(C)c1C(C)NCc1ccc(C#N)cc1. The molecule has 1 heterocycles. The van der Waals surface area contributed by atoms with Crippen LogP contribution < -0.4 is 5.32 Å². The van der Waals surface area contributed by atoms with E-state index in [4.69, 9.17) is 5.26 Å². The highest BCUT2D eigenvalue weighted by atomic mass is 15.3. The number of hydrogen-bond donors (Lipinski definition) is 1. The van der Waals surface area contributed by atoms with Crippen LogP contribution in [0.15, 0.2) is 24.3 Å². The van der Waals surface area contributed by atoms with E-state index in [0.29, 0.717) is 5.56 Å². The summed E-state index contributed by atoms with van der Waals surface area (Å²) >= 11 is 0. The van der Waals surface area contributed by atoms with Crippen LogP contribution in [0.4, 0.5) is 0 Å². The van der Waals surface area contributed by atoms with Crippen molar-refractivity contribution < 1.29 is 0 Å². The topological polar surface area (TPSA) is 53.6 Å². The number of aryl methyl sites for hydroxylation is 2. The van der Waals surface area contributed by atoms with E-state index in [0.717, 1.165) is 12.2 Å². The van der Waals surface area contributed by atoms with Gasteiger partial charge in [0.1, 0.15) is 0 Å². The van der Waals surface area contributed by atoms with Crippen molar-refractivity contribution in [1.82, 2.24) is 15.1 Å². The van der Waals surface area contributed by atoms with E-state index in [9.17, 15) is 0 Å². The molecule has 0 radical (unpaired) electrons. The minimum absolute atomic E-state index is 0.249. The molecule has 0 saturated carbocycles. The summed E-state index contributed by atoms with van der Waals surface area (Å²) in [4.78, 5) is 0. The Hall–Kier alpha value is -2.12. The van der Waals surface area contributed by atoms with E-state index in [-0.39, 0.29) is 6.04 Å². The van der Waals surface area contributed by atoms with E-state index in [1.54, 1.807) is 0 Å². The van der Waals surface area contributed by atoms with E-state index in [2.05, 4.69) is 30.3 Å². The lowest BCUT2D eigenvalue weighted by Crippen LogP contribution is -2.19. The molecular formula is C16H20N4. The zero-order valence-electron chi connectivity index (χ0n) is 12.4. The lowest BCUT2D eigenvalue weighted by Gasteiger charge is -2.15. The van der Waals surface area contributed by atoms with Crippen molar-refractivity contribution in [1.29, 1.82) is 5.26 Å². The molecule has 104 valence electrons. The van der Waals surface area contributed by atoms with E-state index < -0.39 is 0 Å². The number of aromatic nitrogens is 2. The third kappa shape index (κ3) is 2.89. The maximum Gasteiger partial charge on any atom is 0.0991 e. The van der Waals surface area contributed by atoms with Gasteiger partial charge >= 0.3 is 0 Å². The lowest BCUT2D eigenvalue weighted by atomic mass is 10.1. The molecule has 2 aromatic rings. The summed E-state index contributed by atoms with van der Waals surface area (Å²) in [6.07, 6.45) is 0. The average Bonchev–Trinajstić information content (AvgIpc) is 2.70. The van der Waals surface area contributed by atoms with Gasteiger partial charge in [-0.25, -0.2) is 0 Å². The monoisotopic (exact) mass is 268 g/mol. The van der Waals surface area contributed by atoms with Crippen LogP contribution in [0, 0.1) is 25.2 Å². The number of hydrogen-bond acceptors (Lipinski definition) is 3. The molecule has 0 aliphatic rings. The van der Waals surface area contributed by atoms with Gasteiger partial charge in [-0.15, -0.1) is 0 Å². The van der Waals surface area contributed by atoms with Crippen LogP contribution in [-0.2, 0) is 13.6 Å². The zero-order valence-corrected chi connectivity index (χ0v) is 12.4. The Morgan fingerprint density at radius 1 is 1.30 bits per heavy atom. The first-order valence-electron chi connectivity index (χ1n) is 6.75. The summed E-state index contributed by atoms with van der Waals surface area (Å²) < 4.78 is 1.92. The highest BCUT2D eigenvalue weighted by Crippen LogP contribution is 2.21. The van der Waals surface area contributed by atoms with Gasteiger partial charge in [0.15, 0.2) is 0 Å². The maximum absolute atomic E-state index is 8.78. The van der Waals surface area contributed by atoms with Crippen LogP contribution in [0.5, 0.6) is 0 Å². The van der Waals surface area contributed by atoms with Crippen LogP contribution >= 0.6 is 0 Å². The molecule has 0 fully saturated rings. The molecule has 1 atom stereocenters. The van der Waals surface area contributed by atoms with Crippen LogP contribution in [0.1, 0.15) is 41.0 Å². The number of rotatable bonds is 4. The fourth-order valence-corrected chi connectivity index (χ4v) is 2.49. The Kier molecular flexibility index (Phi) is 4.21. The first-order valence-corrected chi connectivity index (χ1v) is 6.75. The van der Waals surface area contributed by atoms with Gasteiger partial charge in [-0.1, -0.05) is 12.1 Å². The first kappa shape index (κ1) is 14.3. The molecule has 0 aliphatic heterocycles. The Labute approximate surface area is 120 Å². The van der Waals surface area contributed by atoms with Crippen molar-refractivity contribution in [2.24, 2.45) is 7.05 Å². The van der Waals surface area contributed by atoms with E-state index >= 15 is 0 Å². The van der Waals surface area contributed by atoms with Gasteiger partial charge in [0.25, 0.3) is 0 Å². The van der Waals surface area contributed by atoms with Gasteiger partial charge in [-0.2, -0.15) is 10.4 Å². The molecule has 0 bridgehead atoms. The van der Waals surface area contributed by atoms with Crippen LogP contribution in [-0.4, -0.2) is 9.78 Å². The molecule has 1 N–H and O–H groups in total. The number of nitrogens with one attached hydrogen (secondary N) is 1. The van der Waals surface area contributed by atoms with Crippen molar-refractivity contribution in [2.75, 3.05) is 0 Å². The number of nitriles is 1. The molecule has 0 aliphatic carbocycles. The first-order chi connectivity index (χ1) is 9.52. The molecule has 4 heteroatoms. The Morgan fingerprint density at radius 3 is 2.45 bits per heavy atom. The molecule has 20 heavy (non-hydrogen) atoms. The molecule has 1 aromatic carbocycles. The van der Waals surface area contributed by atoms with Crippen molar-refractivity contribution in [3.8, 4) is 6.07 Å². The third-order valence-electron chi connectivity index (χ3n) is 3.69.